The lowest BCUT2D eigenvalue weighted by atomic mass is 10.0. The highest BCUT2D eigenvalue weighted by Crippen LogP contribution is 2.26. The molecule has 0 saturated heterocycles. The summed E-state index contributed by atoms with van der Waals surface area (Å²) in [5, 5.41) is 0. The highest BCUT2D eigenvalue weighted by atomic mass is 127. The molecule has 1 aromatic carbocycles. The average Bonchev–Trinajstić information content (AvgIpc) is 2.16. The van der Waals surface area contributed by atoms with Crippen LogP contribution in [0.4, 0.5) is 0 Å². The molecule has 0 spiro atoms. The van der Waals surface area contributed by atoms with Gasteiger partial charge >= 0.3 is 5.97 Å². The van der Waals surface area contributed by atoms with E-state index >= 15 is 0 Å². The van der Waals surface area contributed by atoms with Gasteiger partial charge in [-0.3, -0.25) is 4.79 Å². The van der Waals surface area contributed by atoms with Crippen molar-refractivity contribution >= 4 is 28.6 Å². The molecule has 1 unspecified atom stereocenters. The lowest BCUT2D eigenvalue weighted by Crippen LogP contribution is -2.16. The smallest absolute Gasteiger partial charge is 0.311 e. The second kappa shape index (κ2) is 4.29. The Balaban J connectivity index is 2.32. The molecule has 1 heterocycles. The fourth-order valence-electron chi connectivity index (χ4n) is 1.56. The van der Waals surface area contributed by atoms with Gasteiger partial charge in [0, 0.05) is 10.3 Å². The number of carbonyl (C=O) groups excluding carboxylic acids is 1. The van der Waals surface area contributed by atoms with Gasteiger partial charge < -0.3 is 4.74 Å². The van der Waals surface area contributed by atoms with Crippen LogP contribution in [0.1, 0.15) is 18.4 Å². The molecule has 2 rings (SSSR count). The van der Waals surface area contributed by atoms with E-state index in [1.165, 1.54) is 0 Å². The van der Waals surface area contributed by atoms with E-state index in [9.17, 15) is 4.79 Å². The van der Waals surface area contributed by atoms with Crippen molar-refractivity contribution in [3.8, 4) is 5.75 Å². The Bertz CT molecular complexity index is 349. The summed E-state index contributed by atoms with van der Waals surface area (Å²) >= 11 is 2.40. The average molecular weight is 302 g/mol. The van der Waals surface area contributed by atoms with Crippen LogP contribution in [0.3, 0.4) is 0 Å². The van der Waals surface area contributed by atoms with Crippen LogP contribution in [0.15, 0.2) is 24.3 Å². The first kappa shape index (κ1) is 9.96. The standard InChI is InChI=1S/C11H11IO2/c12-9-5-6-11(13)14-10-4-2-1-3-8(10)7-9/h1-4,9H,5-7H2. The van der Waals surface area contributed by atoms with Gasteiger partial charge in [0.05, 0.1) is 0 Å². The van der Waals surface area contributed by atoms with E-state index in [1.807, 2.05) is 24.3 Å². The van der Waals surface area contributed by atoms with E-state index in [1.54, 1.807) is 0 Å². The number of alkyl halides is 1. The van der Waals surface area contributed by atoms with Crippen LogP contribution in [0.2, 0.25) is 0 Å². The van der Waals surface area contributed by atoms with Crippen LogP contribution in [-0.4, -0.2) is 9.89 Å². The van der Waals surface area contributed by atoms with E-state index in [4.69, 9.17) is 4.74 Å². The van der Waals surface area contributed by atoms with E-state index in [0.29, 0.717) is 10.3 Å². The Hall–Kier alpha value is -0.580. The summed E-state index contributed by atoms with van der Waals surface area (Å²) in [6.45, 7) is 0. The van der Waals surface area contributed by atoms with Crippen LogP contribution >= 0.6 is 22.6 Å². The Morgan fingerprint density at radius 1 is 1.36 bits per heavy atom. The van der Waals surface area contributed by atoms with E-state index in [2.05, 4.69) is 22.6 Å². The molecule has 0 N–H and O–H groups in total. The Labute approximate surface area is 96.8 Å². The zero-order valence-corrected chi connectivity index (χ0v) is 9.86. The number of hydrogen-bond acceptors (Lipinski definition) is 2. The zero-order chi connectivity index (χ0) is 9.97. The highest BCUT2D eigenvalue weighted by molar-refractivity contribution is 14.1. The number of rotatable bonds is 0. The quantitative estimate of drug-likeness (QED) is 0.319. The minimum atomic E-state index is -0.112. The van der Waals surface area contributed by atoms with Crippen molar-refractivity contribution in [2.24, 2.45) is 0 Å². The maximum absolute atomic E-state index is 11.3. The van der Waals surface area contributed by atoms with Crippen LogP contribution in [0, 0.1) is 0 Å². The molecule has 2 nitrogen and oxygen atoms in total. The number of ether oxygens (including phenoxy) is 1. The van der Waals surface area contributed by atoms with Crippen molar-refractivity contribution in [1.82, 2.24) is 0 Å². The van der Waals surface area contributed by atoms with Crippen molar-refractivity contribution in [2.75, 3.05) is 0 Å². The van der Waals surface area contributed by atoms with Gasteiger partial charge in [0.15, 0.2) is 0 Å². The van der Waals surface area contributed by atoms with Crippen LogP contribution < -0.4 is 4.74 Å². The third-order valence-electron chi connectivity index (χ3n) is 2.30. The van der Waals surface area contributed by atoms with Gasteiger partial charge in [-0.15, -0.1) is 0 Å². The van der Waals surface area contributed by atoms with Crippen LogP contribution in [0.5, 0.6) is 5.75 Å². The predicted octanol–water partition coefficient (Wildman–Crippen LogP) is 2.73. The molecule has 14 heavy (non-hydrogen) atoms. The monoisotopic (exact) mass is 302 g/mol. The highest BCUT2D eigenvalue weighted by Gasteiger charge is 2.17. The second-order valence-corrected chi connectivity index (χ2v) is 5.18. The Morgan fingerprint density at radius 3 is 3.00 bits per heavy atom. The molecule has 0 radical (unpaired) electrons. The molecular formula is C11H11IO2. The third kappa shape index (κ3) is 2.26. The number of halogens is 1. The van der Waals surface area contributed by atoms with Gasteiger partial charge in [-0.1, -0.05) is 40.8 Å². The number of para-hydroxylation sites is 1. The number of fused-ring (bicyclic) bond motifs is 1. The molecule has 1 atom stereocenters. The molecule has 0 bridgehead atoms. The molecule has 0 aliphatic carbocycles. The van der Waals surface area contributed by atoms with Gasteiger partial charge in [-0.2, -0.15) is 0 Å². The summed E-state index contributed by atoms with van der Waals surface area (Å²) < 4.78 is 5.77. The molecule has 3 heteroatoms. The number of carbonyl (C=O) groups is 1. The molecule has 74 valence electrons. The van der Waals surface area contributed by atoms with Crippen LogP contribution in [0.25, 0.3) is 0 Å². The summed E-state index contributed by atoms with van der Waals surface area (Å²) in [5.41, 5.74) is 1.14. The molecule has 1 aromatic rings. The van der Waals surface area contributed by atoms with Crippen LogP contribution in [-0.2, 0) is 11.2 Å². The largest absolute Gasteiger partial charge is 0.426 e. The van der Waals surface area contributed by atoms with Gasteiger partial charge in [0.2, 0.25) is 0 Å². The van der Waals surface area contributed by atoms with Crippen molar-refractivity contribution < 1.29 is 9.53 Å². The van der Waals surface area contributed by atoms with E-state index in [-0.39, 0.29) is 5.97 Å². The SMILES string of the molecule is O=C1CCC(I)Cc2ccccc2O1. The fourth-order valence-corrected chi connectivity index (χ4v) is 2.35. The number of benzene rings is 1. The minimum absolute atomic E-state index is 0.112. The van der Waals surface area contributed by atoms with Crippen molar-refractivity contribution in [3.05, 3.63) is 29.8 Å². The summed E-state index contributed by atoms with van der Waals surface area (Å²) in [5.74, 6) is 0.623. The first-order valence-electron chi connectivity index (χ1n) is 4.68. The maximum Gasteiger partial charge on any atom is 0.311 e. The van der Waals surface area contributed by atoms with Gasteiger partial charge in [0.25, 0.3) is 0 Å². The first-order valence-corrected chi connectivity index (χ1v) is 5.93. The first-order chi connectivity index (χ1) is 6.75. The zero-order valence-electron chi connectivity index (χ0n) is 7.70. The molecule has 0 saturated carbocycles. The topological polar surface area (TPSA) is 26.3 Å². The normalized spacial score (nSPS) is 21.8. The molecule has 0 aromatic heterocycles. The van der Waals surface area contributed by atoms with Crippen molar-refractivity contribution in [2.45, 2.75) is 23.2 Å². The van der Waals surface area contributed by atoms with E-state index < -0.39 is 0 Å². The Morgan fingerprint density at radius 2 is 2.14 bits per heavy atom. The maximum atomic E-state index is 11.3. The van der Waals surface area contributed by atoms with Gasteiger partial charge in [0.1, 0.15) is 5.75 Å². The fraction of sp³-hybridized carbons (Fsp3) is 0.364. The molecular weight excluding hydrogens is 291 g/mol. The predicted molar refractivity (Wildman–Crippen MR) is 62.8 cm³/mol. The third-order valence-corrected chi connectivity index (χ3v) is 3.36. The molecule has 0 amide bonds. The summed E-state index contributed by atoms with van der Waals surface area (Å²) in [4.78, 5) is 11.3. The lowest BCUT2D eigenvalue weighted by Gasteiger charge is -2.16. The lowest BCUT2D eigenvalue weighted by molar-refractivity contribution is -0.134. The summed E-state index contributed by atoms with van der Waals surface area (Å²) in [6, 6.07) is 7.77. The minimum Gasteiger partial charge on any atom is -0.426 e. The van der Waals surface area contributed by atoms with Crippen molar-refractivity contribution in [3.63, 3.8) is 0 Å². The molecule has 1 aliphatic heterocycles. The molecule has 0 fully saturated rings. The summed E-state index contributed by atoms with van der Waals surface area (Å²) in [7, 11) is 0. The second-order valence-electron chi connectivity index (χ2n) is 3.42. The number of hydrogen-bond donors (Lipinski definition) is 0. The van der Waals surface area contributed by atoms with E-state index in [0.717, 1.165) is 24.2 Å². The van der Waals surface area contributed by atoms with Crippen molar-refractivity contribution in [1.29, 1.82) is 0 Å². The van der Waals surface area contributed by atoms with Gasteiger partial charge in [-0.25, -0.2) is 0 Å². The number of esters is 1. The summed E-state index contributed by atoms with van der Waals surface area (Å²) in [6.07, 6.45) is 2.43. The van der Waals surface area contributed by atoms with Gasteiger partial charge in [-0.05, 0) is 24.5 Å². The molecule has 1 aliphatic rings. The Kier molecular flexibility index (Phi) is 3.05.